The first-order valence-electron chi connectivity index (χ1n) is 7.89. The van der Waals surface area contributed by atoms with E-state index in [0.29, 0.717) is 23.8 Å². The number of hydrogen-bond acceptors (Lipinski definition) is 6. The number of hydrogen-bond donors (Lipinski definition) is 2. The van der Waals surface area contributed by atoms with E-state index in [9.17, 15) is 19.2 Å². The Kier molecular flexibility index (Phi) is 4.94. The van der Waals surface area contributed by atoms with Gasteiger partial charge in [0.1, 0.15) is 17.3 Å². The second kappa shape index (κ2) is 7.17. The van der Waals surface area contributed by atoms with E-state index in [-0.39, 0.29) is 17.7 Å². The van der Waals surface area contributed by atoms with E-state index in [1.807, 2.05) is 0 Å². The summed E-state index contributed by atoms with van der Waals surface area (Å²) >= 11 is 5.82. The number of carbonyl (C=O) groups excluding carboxylic acids is 4. The molecule has 0 unspecified atom stereocenters. The second-order valence-electron chi connectivity index (χ2n) is 5.80. The third kappa shape index (κ3) is 3.28. The monoisotopic (exact) mass is 377 g/mol. The Morgan fingerprint density at radius 2 is 1.96 bits per heavy atom. The van der Waals surface area contributed by atoms with Gasteiger partial charge in [-0.15, -0.1) is 0 Å². The van der Waals surface area contributed by atoms with E-state index in [0.717, 1.165) is 7.11 Å². The van der Waals surface area contributed by atoms with Crippen LogP contribution in [0.3, 0.4) is 0 Å². The summed E-state index contributed by atoms with van der Waals surface area (Å²) < 4.78 is 4.62. The Balaban J connectivity index is 1.92. The summed E-state index contributed by atoms with van der Waals surface area (Å²) in [5, 5.41) is 5.81. The van der Waals surface area contributed by atoms with E-state index < -0.39 is 29.6 Å². The van der Waals surface area contributed by atoms with Crippen molar-refractivity contribution >= 4 is 40.9 Å². The van der Waals surface area contributed by atoms with Gasteiger partial charge in [-0.3, -0.25) is 14.4 Å². The number of nitrogens with zero attached hydrogens (tertiary/aromatic N) is 1. The standard InChI is InChI=1S/C17H16ClN3O5/c1-26-17(25)13-12(22)8-11(21-7-6-19-16(24)14(13)21)15(23)20-10-4-2-9(18)3-5-10/h2-5,11H,6-8H2,1H3,(H,19,24)(H,20,23)/t11-/m1/s1. The number of ketones is 1. The zero-order chi connectivity index (χ0) is 18.8. The number of Topliss-reactive ketones (excluding diaryl/α,β-unsaturated/α-hetero) is 1. The smallest absolute Gasteiger partial charge is 0.343 e. The molecule has 2 aliphatic rings. The Bertz CT molecular complexity index is 818. The van der Waals surface area contributed by atoms with Crippen molar-refractivity contribution in [2.24, 2.45) is 0 Å². The number of rotatable bonds is 3. The number of fused-ring (bicyclic) bond motifs is 1. The van der Waals surface area contributed by atoms with Gasteiger partial charge < -0.3 is 20.3 Å². The number of piperazine rings is 1. The average molecular weight is 378 g/mol. The van der Waals surface area contributed by atoms with Gasteiger partial charge >= 0.3 is 5.97 Å². The molecular formula is C17H16ClN3O5. The molecule has 1 fully saturated rings. The lowest BCUT2D eigenvalue weighted by Gasteiger charge is -2.40. The van der Waals surface area contributed by atoms with E-state index in [1.165, 1.54) is 4.90 Å². The molecule has 9 heteroatoms. The summed E-state index contributed by atoms with van der Waals surface area (Å²) in [6, 6.07) is 5.61. The quantitative estimate of drug-likeness (QED) is 0.586. The molecule has 0 bridgehead atoms. The topological polar surface area (TPSA) is 105 Å². The van der Waals surface area contributed by atoms with Crippen molar-refractivity contribution in [3.63, 3.8) is 0 Å². The number of nitrogens with one attached hydrogen (secondary N) is 2. The molecule has 1 atom stereocenters. The van der Waals surface area contributed by atoms with Crippen molar-refractivity contribution in [3.05, 3.63) is 40.6 Å². The van der Waals surface area contributed by atoms with Gasteiger partial charge in [0.2, 0.25) is 5.91 Å². The van der Waals surface area contributed by atoms with Crippen molar-refractivity contribution in [1.29, 1.82) is 0 Å². The summed E-state index contributed by atoms with van der Waals surface area (Å²) in [4.78, 5) is 50.8. The summed E-state index contributed by atoms with van der Waals surface area (Å²) in [6.45, 7) is 0.600. The van der Waals surface area contributed by atoms with Crippen LogP contribution in [0.1, 0.15) is 6.42 Å². The van der Waals surface area contributed by atoms with Crippen LogP contribution in [0.25, 0.3) is 0 Å². The molecule has 1 saturated heterocycles. The molecule has 8 nitrogen and oxygen atoms in total. The minimum atomic E-state index is -0.896. The molecule has 2 aliphatic heterocycles. The molecule has 0 aromatic heterocycles. The first-order chi connectivity index (χ1) is 12.4. The number of ether oxygens (including phenoxy) is 1. The van der Waals surface area contributed by atoms with Crippen molar-refractivity contribution in [3.8, 4) is 0 Å². The Hall–Kier alpha value is -2.87. The van der Waals surface area contributed by atoms with E-state index >= 15 is 0 Å². The molecule has 26 heavy (non-hydrogen) atoms. The Morgan fingerprint density at radius 1 is 1.27 bits per heavy atom. The molecule has 0 radical (unpaired) electrons. The lowest BCUT2D eigenvalue weighted by molar-refractivity contribution is -0.141. The van der Waals surface area contributed by atoms with E-state index in [1.54, 1.807) is 24.3 Å². The van der Waals surface area contributed by atoms with Gasteiger partial charge in [0, 0.05) is 30.2 Å². The van der Waals surface area contributed by atoms with Crippen LogP contribution in [0.4, 0.5) is 5.69 Å². The number of amides is 2. The van der Waals surface area contributed by atoms with Gasteiger partial charge in [0.05, 0.1) is 7.11 Å². The molecule has 2 heterocycles. The van der Waals surface area contributed by atoms with Crippen LogP contribution < -0.4 is 10.6 Å². The molecule has 136 valence electrons. The van der Waals surface area contributed by atoms with Gasteiger partial charge in [-0.25, -0.2) is 4.79 Å². The fourth-order valence-electron chi connectivity index (χ4n) is 3.01. The Morgan fingerprint density at radius 3 is 2.62 bits per heavy atom. The van der Waals surface area contributed by atoms with Gasteiger partial charge in [-0.05, 0) is 24.3 Å². The molecule has 0 saturated carbocycles. The third-order valence-corrected chi connectivity index (χ3v) is 4.47. The lowest BCUT2D eigenvalue weighted by Crippen LogP contribution is -2.57. The molecule has 1 aromatic carbocycles. The highest BCUT2D eigenvalue weighted by Crippen LogP contribution is 2.28. The van der Waals surface area contributed by atoms with Crippen molar-refractivity contribution < 1.29 is 23.9 Å². The van der Waals surface area contributed by atoms with Crippen molar-refractivity contribution in [2.75, 3.05) is 25.5 Å². The zero-order valence-corrected chi connectivity index (χ0v) is 14.6. The number of benzene rings is 1. The van der Waals surface area contributed by atoms with Crippen LogP contribution >= 0.6 is 11.6 Å². The number of halogens is 1. The summed E-state index contributed by atoms with van der Waals surface area (Å²) in [6.07, 6.45) is -0.222. The SMILES string of the molecule is COC(=O)C1=C2C(=O)NCCN2[C@@H](C(=O)Nc2ccc(Cl)cc2)CC1=O. The minimum Gasteiger partial charge on any atom is -0.465 e. The first-order valence-corrected chi connectivity index (χ1v) is 8.27. The first kappa shape index (κ1) is 17.9. The average Bonchev–Trinajstić information content (AvgIpc) is 2.63. The number of anilines is 1. The Labute approximate surface area is 154 Å². The minimum absolute atomic E-state index is 0.115. The number of carbonyl (C=O) groups is 4. The van der Waals surface area contributed by atoms with Crippen molar-refractivity contribution in [2.45, 2.75) is 12.5 Å². The van der Waals surface area contributed by atoms with Crippen LogP contribution in [0.2, 0.25) is 5.02 Å². The maximum Gasteiger partial charge on any atom is 0.343 e. The molecular weight excluding hydrogens is 362 g/mol. The van der Waals surface area contributed by atoms with Crippen LogP contribution in [0.5, 0.6) is 0 Å². The van der Waals surface area contributed by atoms with Gasteiger partial charge in [-0.2, -0.15) is 0 Å². The molecule has 3 rings (SSSR count). The number of esters is 1. The van der Waals surface area contributed by atoms with Crippen LogP contribution in [-0.4, -0.2) is 54.7 Å². The number of methoxy groups -OCH3 is 1. The van der Waals surface area contributed by atoms with E-state index in [2.05, 4.69) is 15.4 Å². The maximum absolute atomic E-state index is 12.7. The fraction of sp³-hybridized carbons (Fsp3) is 0.294. The normalized spacial score (nSPS) is 19.6. The molecule has 0 spiro atoms. The second-order valence-corrected chi connectivity index (χ2v) is 6.24. The van der Waals surface area contributed by atoms with Crippen LogP contribution in [-0.2, 0) is 23.9 Å². The summed E-state index contributed by atoms with van der Waals surface area (Å²) in [5.74, 6) is -2.51. The maximum atomic E-state index is 12.7. The molecule has 1 aromatic rings. The van der Waals surface area contributed by atoms with Gasteiger partial charge in [0.25, 0.3) is 5.91 Å². The zero-order valence-electron chi connectivity index (χ0n) is 13.9. The van der Waals surface area contributed by atoms with Gasteiger partial charge in [0.15, 0.2) is 5.78 Å². The van der Waals surface area contributed by atoms with Crippen LogP contribution in [0, 0.1) is 0 Å². The predicted molar refractivity (Wildman–Crippen MR) is 92.3 cm³/mol. The molecule has 2 N–H and O–H groups in total. The lowest BCUT2D eigenvalue weighted by atomic mass is 9.92. The third-order valence-electron chi connectivity index (χ3n) is 4.22. The summed E-state index contributed by atoms with van der Waals surface area (Å²) in [7, 11) is 1.13. The summed E-state index contributed by atoms with van der Waals surface area (Å²) in [5.41, 5.74) is 0.0773. The van der Waals surface area contributed by atoms with Gasteiger partial charge in [-0.1, -0.05) is 11.6 Å². The van der Waals surface area contributed by atoms with Crippen LogP contribution in [0.15, 0.2) is 35.5 Å². The highest BCUT2D eigenvalue weighted by Gasteiger charge is 2.44. The highest BCUT2D eigenvalue weighted by molar-refractivity contribution is 6.30. The van der Waals surface area contributed by atoms with E-state index in [4.69, 9.17) is 11.6 Å². The highest BCUT2D eigenvalue weighted by atomic mass is 35.5. The molecule has 0 aliphatic carbocycles. The fourth-order valence-corrected chi connectivity index (χ4v) is 3.14. The molecule has 2 amide bonds. The predicted octanol–water partition coefficient (Wildman–Crippen LogP) is 0.479. The van der Waals surface area contributed by atoms with Crippen molar-refractivity contribution in [1.82, 2.24) is 10.2 Å². The largest absolute Gasteiger partial charge is 0.465 e.